The quantitative estimate of drug-likeness (QED) is 0.370. The van der Waals surface area contributed by atoms with Gasteiger partial charge in [0.05, 0.1) is 11.8 Å². The second kappa shape index (κ2) is 8.07. The molecule has 4 aromatic rings. The fourth-order valence-corrected chi connectivity index (χ4v) is 3.06. The average molecular weight is 404 g/mol. The number of hydrogen-bond acceptors (Lipinski definition) is 5. The molecule has 3 aromatic carbocycles. The van der Waals surface area contributed by atoms with Crippen LogP contribution in [0.3, 0.4) is 0 Å². The molecule has 0 saturated carbocycles. The maximum absolute atomic E-state index is 11.3. The number of fused-ring (bicyclic) bond motifs is 1. The second-order valence-corrected chi connectivity index (χ2v) is 6.58. The van der Waals surface area contributed by atoms with E-state index < -0.39 is 5.97 Å². The molecule has 0 radical (unpaired) electrons. The van der Waals surface area contributed by atoms with E-state index in [0.717, 1.165) is 10.8 Å². The van der Waals surface area contributed by atoms with Crippen molar-refractivity contribution in [2.45, 2.75) is 6.61 Å². The number of aromatic carboxylic acids is 1. The molecule has 0 amide bonds. The van der Waals surface area contributed by atoms with E-state index in [1.165, 1.54) is 17.0 Å². The first-order valence-electron chi connectivity index (χ1n) is 8.76. The van der Waals surface area contributed by atoms with Crippen LogP contribution in [0, 0.1) is 4.77 Å². The van der Waals surface area contributed by atoms with Crippen LogP contribution >= 0.6 is 12.2 Å². The summed E-state index contributed by atoms with van der Waals surface area (Å²) in [6.45, 7) is 0.142. The van der Waals surface area contributed by atoms with Gasteiger partial charge in [0.2, 0.25) is 4.77 Å². The first-order chi connectivity index (χ1) is 14.1. The van der Waals surface area contributed by atoms with Crippen LogP contribution < -0.4 is 4.74 Å². The van der Waals surface area contributed by atoms with Crippen LogP contribution in [-0.2, 0) is 6.61 Å². The molecule has 0 unspecified atom stereocenters. The molecule has 0 aliphatic carbocycles. The summed E-state index contributed by atoms with van der Waals surface area (Å²) < 4.78 is 7.55. The smallest absolute Gasteiger partial charge is 0.336 e. The van der Waals surface area contributed by atoms with Gasteiger partial charge in [0, 0.05) is 5.56 Å². The number of hydrogen-bond donors (Lipinski definition) is 2. The van der Waals surface area contributed by atoms with Gasteiger partial charge in [0.1, 0.15) is 12.4 Å². The highest BCUT2D eigenvalue weighted by Crippen LogP contribution is 2.21. The summed E-state index contributed by atoms with van der Waals surface area (Å²) in [5.41, 5.74) is 0.615. The molecule has 0 fully saturated rings. The predicted molar refractivity (Wildman–Crippen MR) is 112 cm³/mol. The Morgan fingerprint density at radius 3 is 2.72 bits per heavy atom. The fourth-order valence-electron chi connectivity index (χ4n) is 2.87. The van der Waals surface area contributed by atoms with Gasteiger partial charge in [-0.05, 0) is 41.2 Å². The van der Waals surface area contributed by atoms with Crippen LogP contribution in [0.25, 0.3) is 10.8 Å². The van der Waals surface area contributed by atoms with E-state index in [9.17, 15) is 9.90 Å². The summed E-state index contributed by atoms with van der Waals surface area (Å²) >= 11 is 5.23. The number of nitrogens with zero attached hydrogens (tertiary/aromatic N) is 3. The zero-order valence-corrected chi connectivity index (χ0v) is 16.0. The summed E-state index contributed by atoms with van der Waals surface area (Å²) in [7, 11) is 0. The van der Waals surface area contributed by atoms with Crippen molar-refractivity contribution in [3.8, 4) is 5.75 Å². The number of nitrogens with one attached hydrogen (secondary N) is 1. The molecule has 0 bridgehead atoms. The van der Waals surface area contributed by atoms with Gasteiger partial charge < -0.3 is 9.84 Å². The first-order valence-corrected chi connectivity index (χ1v) is 9.17. The van der Waals surface area contributed by atoms with Crippen molar-refractivity contribution in [3.05, 3.63) is 88.5 Å². The van der Waals surface area contributed by atoms with Crippen LogP contribution in [0.1, 0.15) is 21.7 Å². The van der Waals surface area contributed by atoms with Crippen LogP contribution in [-0.4, -0.2) is 32.2 Å². The Hall–Kier alpha value is -3.78. The van der Waals surface area contributed by atoms with Gasteiger partial charge in [0.15, 0.2) is 5.82 Å². The standard InChI is InChI=1S/C21H16N4O3S/c26-20(27)18-8-4-3-7-16(18)12-22-25-19(23-24-21(25)29)13-28-17-10-9-14-5-1-2-6-15(14)11-17/h1-12H,13H2,(H,24,29)(H,26,27)/b22-12+. The number of carboxylic acid groups (broad SMARTS) is 1. The number of ether oxygens (including phenoxy) is 1. The summed E-state index contributed by atoms with van der Waals surface area (Å²) in [5, 5.41) is 22.6. The van der Waals surface area contributed by atoms with Crippen molar-refractivity contribution in [1.29, 1.82) is 0 Å². The zero-order valence-electron chi connectivity index (χ0n) is 15.1. The van der Waals surface area contributed by atoms with Crippen molar-refractivity contribution in [2.24, 2.45) is 5.10 Å². The lowest BCUT2D eigenvalue weighted by Crippen LogP contribution is -2.05. The Morgan fingerprint density at radius 1 is 1.14 bits per heavy atom. The van der Waals surface area contributed by atoms with Gasteiger partial charge in [-0.2, -0.15) is 14.9 Å². The van der Waals surface area contributed by atoms with Gasteiger partial charge in [-0.1, -0.05) is 48.5 Å². The van der Waals surface area contributed by atoms with E-state index in [1.54, 1.807) is 18.2 Å². The number of aromatic nitrogens is 3. The van der Waals surface area contributed by atoms with Gasteiger partial charge in [-0.15, -0.1) is 0 Å². The molecule has 1 heterocycles. The minimum atomic E-state index is -1.03. The van der Waals surface area contributed by atoms with E-state index >= 15 is 0 Å². The molecule has 0 atom stereocenters. The third-order valence-corrected chi connectivity index (χ3v) is 4.57. The lowest BCUT2D eigenvalue weighted by atomic mass is 10.1. The molecular formula is C21H16N4O3S. The number of carboxylic acids is 1. The molecule has 4 rings (SSSR count). The molecule has 0 spiro atoms. The normalized spacial score (nSPS) is 11.2. The zero-order chi connectivity index (χ0) is 20.2. The summed E-state index contributed by atoms with van der Waals surface area (Å²) in [6.07, 6.45) is 1.44. The van der Waals surface area contributed by atoms with E-state index in [-0.39, 0.29) is 16.9 Å². The summed E-state index contributed by atoms with van der Waals surface area (Å²) in [5.74, 6) is 0.138. The minimum absolute atomic E-state index is 0.142. The molecule has 8 heteroatoms. The fraction of sp³-hybridized carbons (Fsp3) is 0.0476. The highest BCUT2D eigenvalue weighted by molar-refractivity contribution is 7.71. The molecule has 7 nitrogen and oxygen atoms in total. The Kier molecular flexibility index (Phi) is 5.17. The van der Waals surface area contributed by atoms with Crippen LogP contribution in [0.5, 0.6) is 5.75 Å². The minimum Gasteiger partial charge on any atom is -0.486 e. The molecule has 0 aliphatic rings. The van der Waals surface area contributed by atoms with E-state index in [0.29, 0.717) is 17.1 Å². The third-order valence-electron chi connectivity index (χ3n) is 4.31. The number of rotatable bonds is 6. The molecular weight excluding hydrogens is 388 g/mol. The SMILES string of the molecule is O=C(O)c1ccccc1/C=N/n1c(COc2ccc3ccccc3c2)n[nH]c1=S. The number of H-pyrrole nitrogens is 1. The molecule has 0 saturated heterocycles. The van der Waals surface area contributed by atoms with Crippen molar-refractivity contribution < 1.29 is 14.6 Å². The Bertz CT molecular complexity index is 1280. The summed E-state index contributed by atoms with van der Waals surface area (Å²) in [4.78, 5) is 11.3. The third kappa shape index (κ3) is 4.07. The molecule has 29 heavy (non-hydrogen) atoms. The first kappa shape index (κ1) is 18.6. The average Bonchev–Trinajstić information content (AvgIpc) is 3.10. The number of benzene rings is 3. The Balaban J connectivity index is 1.56. The van der Waals surface area contributed by atoms with Crippen molar-refractivity contribution >= 4 is 35.2 Å². The van der Waals surface area contributed by atoms with E-state index in [1.807, 2.05) is 42.5 Å². The number of carbonyl (C=O) groups is 1. The highest BCUT2D eigenvalue weighted by Gasteiger charge is 2.09. The Morgan fingerprint density at radius 2 is 1.90 bits per heavy atom. The maximum Gasteiger partial charge on any atom is 0.336 e. The van der Waals surface area contributed by atoms with Crippen molar-refractivity contribution in [2.75, 3.05) is 0 Å². The second-order valence-electron chi connectivity index (χ2n) is 6.19. The molecule has 1 aromatic heterocycles. The maximum atomic E-state index is 11.3. The predicted octanol–water partition coefficient (Wildman–Crippen LogP) is 4.25. The van der Waals surface area contributed by atoms with Gasteiger partial charge >= 0.3 is 5.97 Å². The van der Waals surface area contributed by atoms with E-state index in [4.69, 9.17) is 17.0 Å². The lowest BCUT2D eigenvalue weighted by molar-refractivity contribution is 0.0696. The van der Waals surface area contributed by atoms with Crippen molar-refractivity contribution in [1.82, 2.24) is 14.9 Å². The van der Waals surface area contributed by atoms with Crippen LogP contribution in [0.15, 0.2) is 71.8 Å². The molecule has 144 valence electrons. The van der Waals surface area contributed by atoms with Crippen molar-refractivity contribution in [3.63, 3.8) is 0 Å². The van der Waals surface area contributed by atoms with Crippen LogP contribution in [0.2, 0.25) is 0 Å². The summed E-state index contributed by atoms with van der Waals surface area (Å²) in [6, 6.07) is 20.4. The highest BCUT2D eigenvalue weighted by atomic mass is 32.1. The van der Waals surface area contributed by atoms with Gasteiger partial charge in [0.25, 0.3) is 0 Å². The topological polar surface area (TPSA) is 92.5 Å². The molecule has 0 aliphatic heterocycles. The van der Waals surface area contributed by atoms with Crippen LogP contribution in [0.4, 0.5) is 0 Å². The molecule has 2 N–H and O–H groups in total. The van der Waals surface area contributed by atoms with Gasteiger partial charge in [-0.3, -0.25) is 0 Å². The lowest BCUT2D eigenvalue weighted by Gasteiger charge is -2.07. The van der Waals surface area contributed by atoms with E-state index in [2.05, 4.69) is 15.3 Å². The largest absolute Gasteiger partial charge is 0.486 e. The Labute approximate surface area is 170 Å². The number of aromatic amines is 1. The van der Waals surface area contributed by atoms with Gasteiger partial charge in [-0.25, -0.2) is 9.89 Å². The monoisotopic (exact) mass is 404 g/mol.